The molecule has 0 radical (unpaired) electrons. The van der Waals surface area contributed by atoms with Gasteiger partial charge in [0.05, 0.1) is 17.6 Å². The number of nitrogens with zero attached hydrogens (tertiary/aromatic N) is 1. The minimum Gasteiger partial charge on any atom is -0.465 e. The Kier molecular flexibility index (Phi) is 7.82. The highest BCUT2D eigenvalue weighted by Gasteiger charge is 2.31. The zero-order chi connectivity index (χ0) is 23.3. The van der Waals surface area contributed by atoms with Crippen molar-refractivity contribution in [2.75, 3.05) is 19.0 Å². The van der Waals surface area contributed by atoms with Crippen LogP contribution in [0.3, 0.4) is 0 Å². The summed E-state index contributed by atoms with van der Waals surface area (Å²) < 4.78 is 5.16. The summed E-state index contributed by atoms with van der Waals surface area (Å²) >= 11 is 6.60. The summed E-state index contributed by atoms with van der Waals surface area (Å²) in [6, 6.07) is 12.6. The second-order valence-corrected chi connectivity index (χ2v) is 9.02. The summed E-state index contributed by atoms with van der Waals surface area (Å²) in [5.41, 5.74) is 4.19. The zero-order valence-corrected chi connectivity index (χ0v) is 19.8. The standard InChI is InChI=1S/C24H24N2O4S2/c1-15-6-4-7-19(16(15)2)25-21(27)8-5-13-26-22(28)20(32-24(26)31)14-17-9-11-18(12-10-17)23(29)30-3/h4,6-7,9-12,14H,5,8,13H2,1-3H3,(H,25,27). The van der Waals surface area contributed by atoms with Crippen molar-refractivity contribution in [3.8, 4) is 0 Å². The Balaban J connectivity index is 1.55. The minimum absolute atomic E-state index is 0.0922. The van der Waals surface area contributed by atoms with E-state index in [1.807, 2.05) is 32.0 Å². The first-order valence-corrected chi connectivity index (χ1v) is 11.3. The normalized spacial score (nSPS) is 14.7. The molecule has 2 aromatic rings. The maximum Gasteiger partial charge on any atom is 0.337 e. The molecule has 0 saturated carbocycles. The molecule has 1 fully saturated rings. The molecule has 8 heteroatoms. The van der Waals surface area contributed by atoms with Crippen molar-refractivity contribution in [3.05, 3.63) is 69.6 Å². The van der Waals surface area contributed by atoms with E-state index in [-0.39, 0.29) is 11.8 Å². The Labute approximate surface area is 197 Å². The molecule has 1 saturated heterocycles. The number of hydrogen-bond acceptors (Lipinski definition) is 6. The smallest absolute Gasteiger partial charge is 0.337 e. The molecule has 1 aliphatic heterocycles. The summed E-state index contributed by atoms with van der Waals surface area (Å²) in [7, 11) is 1.33. The van der Waals surface area contributed by atoms with E-state index in [1.54, 1.807) is 30.3 Å². The number of hydrogen-bond donors (Lipinski definition) is 1. The lowest BCUT2D eigenvalue weighted by molar-refractivity contribution is -0.122. The first-order chi connectivity index (χ1) is 15.3. The van der Waals surface area contributed by atoms with Gasteiger partial charge in [0.25, 0.3) is 5.91 Å². The summed E-state index contributed by atoms with van der Waals surface area (Å²) in [5.74, 6) is -0.679. The van der Waals surface area contributed by atoms with Gasteiger partial charge in [0.1, 0.15) is 4.32 Å². The molecule has 0 atom stereocenters. The molecular weight excluding hydrogens is 444 g/mol. The van der Waals surface area contributed by atoms with Crippen LogP contribution in [0.25, 0.3) is 6.08 Å². The maximum atomic E-state index is 12.8. The Bertz CT molecular complexity index is 1090. The molecule has 1 heterocycles. The first kappa shape index (κ1) is 23.7. The number of nitrogens with one attached hydrogen (secondary N) is 1. The first-order valence-electron chi connectivity index (χ1n) is 10.1. The van der Waals surface area contributed by atoms with Gasteiger partial charge in [-0.05, 0) is 61.2 Å². The van der Waals surface area contributed by atoms with Gasteiger partial charge in [-0.25, -0.2) is 4.79 Å². The zero-order valence-electron chi connectivity index (χ0n) is 18.1. The molecule has 1 N–H and O–H groups in total. The van der Waals surface area contributed by atoms with Crippen LogP contribution in [0, 0.1) is 13.8 Å². The molecule has 166 valence electrons. The fraction of sp³-hybridized carbons (Fsp3) is 0.250. The van der Waals surface area contributed by atoms with Crippen molar-refractivity contribution >= 4 is 57.8 Å². The highest BCUT2D eigenvalue weighted by molar-refractivity contribution is 8.26. The van der Waals surface area contributed by atoms with Crippen LogP contribution < -0.4 is 5.32 Å². The van der Waals surface area contributed by atoms with Crippen LogP contribution in [-0.2, 0) is 14.3 Å². The molecule has 3 rings (SSSR count). The maximum absolute atomic E-state index is 12.8. The summed E-state index contributed by atoms with van der Waals surface area (Å²) in [4.78, 5) is 38.7. The lowest BCUT2D eigenvalue weighted by Crippen LogP contribution is -2.29. The molecule has 6 nitrogen and oxygen atoms in total. The van der Waals surface area contributed by atoms with Crippen LogP contribution in [0.1, 0.15) is 39.9 Å². The van der Waals surface area contributed by atoms with Gasteiger partial charge in [-0.3, -0.25) is 14.5 Å². The van der Waals surface area contributed by atoms with Crippen molar-refractivity contribution in [2.45, 2.75) is 26.7 Å². The number of methoxy groups -OCH3 is 1. The molecular formula is C24H24N2O4S2. The molecule has 0 unspecified atom stereocenters. The third-order valence-electron chi connectivity index (χ3n) is 5.17. The summed E-state index contributed by atoms with van der Waals surface area (Å²) in [6.07, 6.45) is 2.54. The van der Waals surface area contributed by atoms with E-state index >= 15 is 0 Å². The highest BCUT2D eigenvalue weighted by atomic mass is 32.2. The Hall–Kier alpha value is -2.97. The minimum atomic E-state index is -0.413. The number of anilines is 1. The third-order valence-corrected chi connectivity index (χ3v) is 6.55. The molecule has 0 bridgehead atoms. The van der Waals surface area contributed by atoms with Gasteiger partial charge >= 0.3 is 5.97 Å². The largest absolute Gasteiger partial charge is 0.465 e. The van der Waals surface area contributed by atoms with Crippen molar-refractivity contribution in [1.82, 2.24) is 4.90 Å². The van der Waals surface area contributed by atoms with Gasteiger partial charge in [0.2, 0.25) is 5.91 Å². The van der Waals surface area contributed by atoms with E-state index in [0.717, 1.165) is 22.4 Å². The monoisotopic (exact) mass is 468 g/mol. The Morgan fingerprint density at radius 1 is 1.16 bits per heavy atom. The average molecular weight is 469 g/mol. The number of aryl methyl sites for hydroxylation is 1. The van der Waals surface area contributed by atoms with Crippen molar-refractivity contribution < 1.29 is 19.1 Å². The Morgan fingerprint density at radius 3 is 2.56 bits per heavy atom. The number of carbonyl (C=O) groups excluding carboxylic acids is 3. The van der Waals surface area contributed by atoms with Crippen LogP contribution in [0.5, 0.6) is 0 Å². The number of esters is 1. The summed E-state index contributed by atoms with van der Waals surface area (Å²) in [6.45, 7) is 4.35. The predicted molar refractivity (Wildman–Crippen MR) is 131 cm³/mol. The van der Waals surface area contributed by atoms with Crippen LogP contribution in [0.2, 0.25) is 0 Å². The second kappa shape index (κ2) is 10.6. The number of benzene rings is 2. The van der Waals surface area contributed by atoms with Gasteiger partial charge in [0.15, 0.2) is 0 Å². The molecule has 2 aromatic carbocycles. The molecule has 1 aliphatic rings. The lowest BCUT2D eigenvalue weighted by atomic mass is 10.1. The van der Waals surface area contributed by atoms with Gasteiger partial charge in [-0.2, -0.15) is 0 Å². The average Bonchev–Trinajstić information content (AvgIpc) is 3.04. The van der Waals surface area contributed by atoms with Crippen LogP contribution >= 0.6 is 24.0 Å². The number of thioether (sulfide) groups is 1. The van der Waals surface area contributed by atoms with Crippen LogP contribution in [-0.4, -0.2) is 40.7 Å². The number of thiocarbonyl (C=S) groups is 1. The Morgan fingerprint density at radius 2 is 1.88 bits per heavy atom. The molecule has 0 aliphatic carbocycles. The third kappa shape index (κ3) is 5.63. The molecule has 0 aromatic heterocycles. The van der Waals surface area contributed by atoms with Crippen molar-refractivity contribution in [1.29, 1.82) is 0 Å². The fourth-order valence-electron chi connectivity index (χ4n) is 3.17. The second-order valence-electron chi connectivity index (χ2n) is 7.35. The van der Waals surface area contributed by atoms with Gasteiger partial charge in [-0.1, -0.05) is 48.2 Å². The quantitative estimate of drug-likeness (QED) is 0.360. The van der Waals surface area contributed by atoms with E-state index in [9.17, 15) is 14.4 Å². The predicted octanol–water partition coefficient (Wildman–Crippen LogP) is 4.71. The van der Waals surface area contributed by atoms with E-state index in [1.165, 1.54) is 23.8 Å². The highest BCUT2D eigenvalue weighted by Crippen LogP contribution is 2.32. The van der Waals surface area contributed by atoms with Crippen LogP contribution in [0.4, 0.5) is 5.69 Å². The van der Waals surface area contributed by atoms with E-state index < -0.39 is 5.97 Å². The van der Waals surface area contributed by atoms with Crippen molar-refractivity contribution in [2.24, 2.45) is 0 Å². The summed E-state index contributed by atoms with van der Waals surface area (Å²) in [5, 5.41) is 2.93. The van der Waals surface area contributed by atoms with Gasteiger partial charge in [-0.15, -0.1) is 0 Å². The fourth-order valence-corrected chi connectivity index (χ4v) is 4.48. The number of amides is 2. The van der Waals surface area contributed by atoms with Gasteiger partial charge < -0.3 is 10.1 Å². The lowest BCUT2D eigenvalue weighted by Gasteiger charge is -2.14. The topological polar surface area (TPSA) is 75.7 Å². The van der Waals surface area contributed by atoms with Gasteiger partial charge in [0, 0.05) is 18.7 Å². The molecule has 2 amide bonds. The number of ether oxygens (including phenoxy) is 1. The number of rotatable bonds is 7. The molecule has 32 heavy (non-hydrogen) atoms. The van der Waals surface area contributed by atoms with Crippen LogP contribution in [0.15, 0.2) is 47.4 Å². The molecule has 0 spiro atoms. The number of carbonyl (C=O) groups is 3. The van der Waals surface area contributed by atoms with E-state index in [0.29, 0.717) is 34.2 Å². The van der Waals surface area contributed by atoms with Crippen molar-refractivity contribution in [3.63, 3.8) is 0 Å². The van der Waals surface area contributed by atoms with E-state index in [2.05, 4.69) is 10.1 Å². The SMILES string of the molecule is COC(=O)c1ccc(C=C2SC(=S)N(CCCC(=O)Nc3cccc(C)c3C)C2=O)cc1. The van der Waals surface area contributed by atoms with E-state index in [4.69, 9.17) is 12.2 Å².